The molecule has 0 radical (unpaired) electrons. The second-order valence-electron chi connectivity index (χ2n) is 5.50. The van der Waals surface area contributed by atoms with Crippen molar-refractivity contribution in [1.82, 2.24) is 5.32 Å². The van der Waals surface area contributed by atoms with E-state index >= 15 is 0 Å². The van der Waals surface area contributed by atoms with Gasteiger partial charge in [-0.05, 0) is 35.9 Å². The number of halogens is 1. The predicted octanol–water partition coefficient (Wildman–Crippen LogP) is 3.50. The van der Waals surface area contributed by atoms with Crippen molar-refractivity contribution in [1.29, 1.82) is 0 Å². The van der Waals surface area contributed by atoms with Gasteiger partial charge in [0.25, 0.3) is 5.91 Å². The van der Waals surface area contributed by atoms with E-state index in [0.717, 1.165) is 15.8 Å². The number of rotatable bonds is 5. The Labute approximate surface area is 157 Å². The molecule has 0 aliphatic heterocycles. The summed E-state index contributed by atoms with van der Waals surface area (Å²) in [5.41, 5.74) is 0.401. The molecule has 0 aliphatic rings. The van der Waals surface area contributed by atoms with E-state index in [4.69, 9.17) is 13.9 Å². The summed E-state index contributed by atoms with van der Waals surface area (Å²) in [6.07, 6.45) is 0. The fraction of sp³-hybridized carbons (Fsp3) is 0.158. The van der Waals surface area contributed by atoms with Crippen LogP contribution >= 0.6 is 15.9 Å². The number of carbonyl (C=O) groups is 1. The minimum atomic E-state index is -0.717. The zero-order chi connectivity index (χ0) is 18.7. The molecular weight excluding hydrogens is 402 g/mol. The smallest absolute Gasteiger partial charge is 0.349 e. The molecule has 3 aromatic rings. The number of nitrogens with one attached hydrogen (secondary N) is 1. The number of hydrogen-bond acceptors (Lipinski definition) is 5. The number of ether oxygens (including phenoxy) is 2. The molecule has 1 aromatic heterocycles. The highest BCUT2D eigenvalue weighted by atomic mass is 79.9. The lowest BCUT2D eigenvalue weighted by Gasteiger charge is -2.08. The number of methoxy groups -OCH3 is 2. The third-order valence-electron chi connectivity index (χ3n) is 3.84. The van der Waals surface area contributed by atoms with E-state index in [1.165, 1.54) is 13.2 Å². The molecule has 0 fully saturated rings. The van der Waals surface area contributed by atoms with E-state index in [9.17, 15) is 9.59 Å². The first-order valence-corrected chi connectivity index (χ1v) is 8.53. The van der Waals surface area contributed by atoms with Gasteiger partial charge in [0.1, 0.15) is 11.3 Å². The standard InChI is InChI=1S/C19H16BrNO5/c1-24-14-5-3-11(4-6-14)10-21-18(22)15-8-12-7-13(20)9-16(25-2)17(12)26-19(15)23/h3-9H,10H2,1-2H3,(H,21,22). The van der Waals surface area contributed by atoms with Crippen LogP contribution in [-0.2, 0) is 6.54 Å². The summed E-state index contributed by atoms with van der Waals surface area (Å²) < 4.78 is 16.4. The summed E-state index contributed by atoms with van der Waals surface area (Å²) in [4.78, 5) is 24.6. The molecule has 0 bridgehead atoms. The Morgan fingerprint density at radius 3 is 2.50 bits per heavy atom. The molecule has 134 valence electrons. The maximum absolute atomic E-state index is 12.4. The van der Waals surface area contributed by atoms with Crippen LogP contribution in [0.25, 0.3) is 11.0 Å². The minimum absolute atomic E-state index is 0.0637. The molecule has 0 aliphatic carbocycles. The van der Waals surface area contributed by atoms with Crippen molar-refractivity contribution >= 4 is 32.8 Å². The van der Waals surface area contributed by atoms with Crippen molar-refractivity contribution in [3.8, 4) is 11.5 Å². The first kappa shape index (κ1) is 18.0. The summed E-state index contributed by atoms with van der Waals surface area (Å²) in [7, 11) is 3.07. The Hall–Kier alpha value is -2.80. The molecule has 7 heteroatoms. The van der Waals surface area contributed by atoms with Crippen molar-refractivity contribution in [3.63, 3.8) is 0 Å². The zero-order valence-electron chi connectivity index (χ0n) is 14.2. The first-order chi connectivity index (χ1) is 12.5. The largest absolute Gasteiger partial charge is 0.497 e. The number of hydrogen-bond donors (Lipinski definition) is 1. The molecule has 1 N–H and O–H groups in total. The number of fused-ring (bicyclic) bond motifs is 1. The van der Waals surface area contributed by atoms with Gasteiger partial charge in [-0.3, -0.25) is 4.79 Å². The van der Waals surface area contributed by atoms with E-state index in [1.807, 2.05) is 12.1 Å². The van der Waals surface area contributed by atoms with Gasteiger partial charge in [-0.1, -0.05) is 28.1 Å². The average Bonchev–Trinajstić information content (AvgIpc) is 2.65. The monoisotopic (exact) mass is 417 g/mol. The van der Waals surface area contributed by atoms with E-state index in [-0.39, 0.29) is 12.1 Å². The van der Waals surface area contributed by atoms with Gasteiger partial charge >= 0.3 is 5.63 Å². The Balaban J connectivity index is 1.85. The summed E-state index contributed by atoms with van der Waals surface area (Å²) in [5, 5.41) is 3.31. The Kier molecular flexibility index (Phi) is 5.27. The quantitative estimate of drug-likeness (QED) is 0.642. The highest BCUT2D eigenvalue weighted by Crippen LogP contribution is 2.29. The predicted molar refractivity (Wildman–Crippen MR) is 101 cm³/mol. The Bertz CT molecular complexity index is 1010. The van der Waals surface area contributed by atoms with Gasteiger partial charge in [-0.25, -0.2) is 4.79 Å². The van der Waals surface area contributed by atoms with Crippen LogP contribution in [0.5, 0.6) is 11.5 Å². The molecule has 0 saturated carbocycles. The second-order valence-corrected chi connectivity index (χ2v) is 6.42. The highest BCUT2D eigenvalue weighted by Gasteiger charge is 2.16. The van der Waals surface area contributed by atoms with Crippen LogP contribution in [0.15, 0.2) is 56.1 Å². The second kappa shape index (κ2) is 7.61. The van der Waals surface area contributed by atoms with E-state index in [2.05, 4.69) is 21.2 Å². The lowest BCUT2D eigenvalue weighted by molar-refractivity contribution is 0.0947. The van der Waals surface area contributed by atoms with Crippen molar-refractivity contribution in [2.45, 2.75) is 6.54 Å². The van der Waals surface area contributed by atoms with E-state index in [0.29, 0.717) is 16.7 Å². The van der Waals surface area contributed by atoms with Crippen LogP contribution in [0.1, 0.15) is 15.9 Å². The van der Waals surface area contributed by atoms with Gasteiger partial charge in [-0.15, -0.1) is 0 Å². The van der Waals surface area contributed by atoms with Crippen molar-refractivity contribution in [2.75, 3.05) is 14.2 Å². The normalized spacial score (nSPS) is 10.6. The van der Waals surface area contributed by atoms with E-state index < -0.39 is 11.5 Å². The zero-order valence-corrected chi connectivity index (χ0v) is 15.8. The molecule has 0 saturated heterocycles. The van der Waals surface area contributed by atoms with Gasteiger partial charge < -0.3 is 19.2 Å². The first-order valence-electron chi connectivity index (χ1n) is 7.74. The van der Waals surface area contributed by atoms with Crippen LogP contribution in [0.3, 0.4) is 0 Å². The summed E-state index contributed by atoms with van der Waals surface area (Å²) in [6, 6.07) is 12.2. The van der Waals surface area contributed by atoms with Crippen molar-refractivity contribution in [3.05, 3.63) is 68.5 Å². The fourth-order valence-corrected chi connectivity index (χ4v) is 2.95. The van der Waals surface area contributed by atoms with Crippen molar-refractivity contribution < 1.29 is 18.7 Å². The molecule has 0 atom stereocenters. The third-order valence-corrected chi connectivity index (χ3v) is 4.30. The average molecular weight is 418 g/mol. The number of carbonyl (C=O) groups excluding carboxylic acids is 1. The minimum Gasteiger partial charge on any atom is -0.497 e. The lowest BCUT2D eigenvalue weighted by atomic mass is 10.1. The summed E-state index contributed by atoms with van der Waals surface area (Å²) in [5.74, 6) is 0.641. The molecule has 1 amide bonds. The summed E-state index contributed by atoms with van der Waals surface area (Å²) in [6.45, 7) is 0.280. The maximum Gasteiger partial charge on any atom is 0.349 e. The molecule has 1 heterocycles. The highest BCUT2D eigenvalue weighted by molar-refractivity contribution is 9.10. The van der Waals surface area contributed by atoms with Crippen LogP contribution < -0.4 is 20.4 Å². The molecule has 26 heavy (non-hydrogen) atoms. The molecule has 2 aromatic carbocycles. The molecular formula is C19H16BrNO5. The number of benzene rings is 2. The van der Waals surface area contributed by atoms with E-state index in [1.54, 1.807) is 31.4 Å². The topological polar surface area (TPSA) is 77.8 Å². The van der Waals surface area contributed by atoms with Crippen LogP contribution in [0.4, 0.5) is 0 Å². The SMILES string of the molecule is COc1ccc(CNC(=O)c2cc3cc(Br)cc(OC)c3oc2=O)cc1. The van der Waals surface area contributed by atoms with Gasteiger partial charge in [0, 0.05) is 16.4 Å². The number of amides is 1. The van der Waals surface area contributed by atoms with Crippen LogP contribution in [0.2, 0.25) is 0 Å². The maximum atomic E-state index is 12.4. The Morgan fingerprint density at radius 2 is 1.85 bits per heavy atom. The molecule has 6 nitrogen and oxygen atoms in total. The Morgan fingerprint density at radius 1 is 1.12 bits per heavy atom. The van der Waals surface area contributed by atoms with Crippen molar-refractivity contribution in [2.24, 2.45) is 0 Å². The molecule has 0 unspecified atom stereocenters. The van der Waals surface area contributed by atoms with Crippen LogP contribution in [-0.4, -0.2) is 20.1 Å². The molecule has 0 spiro atoms. The van der Waals surface area contributed by atoms with Gasteiger partial charge in [0.2, 0.25) is 0 Å². The fourth-order valence-electron chi connectivity index (χ4n) is 2.50. The van der Waals surface area contributed by atoms with Gasteiger partial charge in [0.15, 0.2) is 11.3 Å². The lowest BCUT2D eigenvalue weighted by Crippen LogP contribution is -2.27. The molecule has 3 rings (SSSR count). The van der Waals surface area contributed by atoms with Gasteiger partial charge in [0.05, 0.1) is 14.2 Å². The third kappa shape index (κ3) is 3.72. The summed E-state index contributed by atoms with van der Waals surface area (Å²) >= 11 is 3.37. The van der Waals surface area contributed by atoms with Gasteiger partial charge in [-0.2, -0.15) is 0 Å². The van der Waals surface area contributed by atoms with Crippen LogP contribution in [0, 0.1) is 0 Å².